The van der Waals surface area contributed by atoms with Gasteiger partial charge in [-0.2, -0.15) is 0 Å². The second-order valence-corrected chi connectivity index (χ2v) is 20.9. The van der Waals surface area contributed by atoms with E-state index in [4.69, 9.17) is 10.5 Å². The van der Waals surface area contributed by atoms with Crippen LogP contribution in [-0.2, 0) is 41.7 Å². The summed E-state index contributed by atoms with van der Waals surface area (Å²) in [5, 5.41) is 29.5. The third-order valence-corrected chi connectivity index (χ3v) is 16.8. The number of carbonyl (C=O) groups excluding carboxylic acids is 2. The third-order valence-electron chi connectivity index (χ3n) is 16.8. The number of methoxy groups -OCH3 is 1. The van der Waals surface area contributed by atoms with E-state index in [9.17, 15) is 19.8 Å². The topological polar surface area (TPSA) is 147 Å². The fourth-order valence-electron chi connectivity index (χ4n) is 13.7. The van der Waals surface area contributed by atoms with Crippen LogP contribution < -0.4 is 21.1 Å². The first-order chi connectivity index (χ1) is 32.7. The van der Waals surface area contributed by atoms with Gasteiger partial charge in [-0.15, -0.1) is 0 Å². The fraction of sp³-hybridized carbons (Fsp3) is 0.500. The molecule has 3 saturated carbocycles. The van der Waals surface area contributed by atoms with Crippen molar-refractivity contribution < 1.29 is 24.5 Å². The quantitative estimate of drug-likeness (QED) is 0.0375. The number of carbonyl (C=O) groups is 2. The lowest BCUT2D eigenvalue weighted by Gasteiger charge is -2.54. The number of allylic oxidation sites excluding steroid dienone is 1. The van der Waals surface area contributed by atoms with Crippen LogP contribution in [0.15, 0.2) is 97.2 Å². The summed E-state index contributed by atoms with van der Waals surface area (Å²) in [4.78, 5) is 32.1. The highest BCUT2D eigenvalue weighted by molar-refractivity contribution is 6.07. The summed E-state index contributed by atoms with van der Waals surface area (Å²) in [7, 11) is 1.48. The molecule has 354 valence electrons. The number of anilines is 1. The lowest BCUT2D eigenvalue weighted by Crippen LogP contribution is -2.57. The number of aromatic nitrogens is 1. The van der Waals surface area contributed by atoms with Crippen molar-refractivity contribution >= 4 is 23.0 Å². The molecule has 0 spiro atoms. The molecule has 9 nitrogen and oxygen atoms in total. The first-order valence-electron chi connectivity index (χ1n) is 25.4. The predicted octanol–water partition coefficient (Wildman–Crippen LogP) is 9.20. The van der Waals surface area contributed by atoms with Crippen LogP contribution in [0.1, 0.15) is 110 Å². The van der Waals surface area contributed by atoms with E-state index in [1.165, 1.54) is 74.8 Å². The number of phenolic OH excluding ortho intramolecular Hbond substituents is 1. The summed E-state index contributed by atoms with van der Waals surface area (Å²) in [5.74, 6) is 4.08. The number of phenols is 1. The van der Waals surface area contributed by atoms with E-state index < -0.39 is 6.61 Å². The van der Waals surface area contributed by atoms with Crippen LogP contribution in [0.3, 0.4) is 0 Å². The number of nitrogen functional groups attached to an aromatic ring is 1. The Kier molecular flexibility index (Phi) is 15.1. The van der Waals surface area contributed by atoms with Gasteiger partial charge in [0.15, 0.2) is 17.3 Å². The summed E-state index contributed by atoms with van der Waals surface area (Å²) in [6, 6.07) is 25.1. The largest absolute Gasteiger partial charge is 0.504 e. The van der Waals surface area contributed by atoms with Gasteiger partial charge in [0, 0.05) is 25.2 Å². The van der Waals surface area contributed by atoms with E-state index in [0.717, 1.165) is 87.0 Å². The molecule has 4 aromatic rings. The molecule has 3 aromatic carbocycles. The van der Waals surface area contributed by atoms with Crippen molar-refractivity contribution in [3.8, 4) is 11.5 Å². The number of ether oxygens (including phenoxy) is 1. The average Bonchev–Trinajstić information content (AvgIpc) is 3.76. The monoisotopic (exact) mass is 905 g/mol. The van der Waals surface area contributed by atoms with Crippen molar-refractivity contribution in [1.29, 1.82) is 0 Å². The average molecular weight is 905 g/mol. The molecule has 5 aliphatic rings. The van der Waals surface area contributed by atoms with Crippen molar-refractivity contribution in [3.63, 3.8) is 0 Å². The van der Waals surface area contributed by atoms with Crippen molar-refractivity contribution in [3.05, 3.63) is 136 Å². The van der Waals surface area contributed by atoms with Gasteiger partial charge in [0.05, 0.1) is 20.1 Å². The second kappa shape index (κ2) is 21.5. The van der Waals surface area contributed by atoms with Gasteiger partial charge in [0.1, 0.15) is 11.6 Å². The molecule has 3 heterocycles. The number of aliphatic hydroxyl groups excluding tert-OH is 1. The first kappa shape index (κ1) is 47.0. The van der Waals surface area contributed by atoms with Gasteiger partial charge < -0.3 is 31.3 Å². The highest BCUT2D eigenvalue weighted by atomic mass is 16.5. The number of nitrogens with one attached hydrogen (secondary N) is 2. The number of nitrogens with zero attached hydrogens (tertiary/aromatic N) is 1. The number of fused-ring (bicyclic) bond motifs is 3. The van der Waals surface area contributed by atoms with Crippen LogP contribution >= 0.6 is 0 Å². The lowest BCUT2D eigenvalue weighted by atomic mass is 9.54. The number of benzene rings is 3. The highest BCUT2D eigenvalue weighted by Gasteiger charge is 2.53. The molecule has 8 atom stereocenters. The maximum atomic E-state index is 13.9. The third kappa shape index (κ3) is 11.1. The summed E-state index contributed by atoms with van der Waals surface area (Å²) < 4.78 is 5.52. The molecule has 9 heteroatoms. The zero-order valence-corrected chi connectivity index (χ0v) is 39.6. The predicted molar refractivity (Wildman–Crippen MR) is 267 cm³/mol. The number of aryl methyl sites for hydroxylation is 4. The molecular weight excluding hydrogens is 833 g/mol. The molecule has 3 aliphatic carbocycles. The minimum absolute atomic E-state index is 0.0202. The van der Waals surface area contributed by atoms with Crippen LogP contribution in [-0.4, -0.2) is 66.2 Å². The molecule has 0 unspecified atom stereocenters. The second-order valence-electron chi connectivity index (χ2n) is 20.9. The summed E-state index contributed by atoms with van der Waals surface area (Å²) in [5.41, 5.74) is 14.0. The number of Topliss-reactive ketones (excluding diaryl/α,β-unsaturated/α-hetero) is 1. The van der Waals surface area contributed by atoms with Gasteiger partial charge in [-0.1, -0.05) is 73.2 Å². The Morgan fingerprint density at radius 2 is 1.73 bits per heavy atom. The molecule has 9 rings (SSSR count). The zero-order chi connectivity index (χ0) is 46.3. The smallest absolute Gasteiger partial charge is 0.163 e. The zero-order valence-electron chi connectivity index (χ0n) is 39.6. The van der Waals surface area contributed by atoms with E-state index in [1.807, 2.05) is 12.1 Å². The number of piperidine rings is 1. The normalized spacial score (nSPS) is 26.9. The van der Waals surface area contributed by atoms with Crippen molar-refractivity contribution in [2.75, 3.05) is 39.1 Å². The summed E-state index contributed by atoms with van der Waals surface area (Å²) >= 11 is 0. The molecule has 0 bridgehead atoms. The Labute approximate surface area is 398 Å². The van der Waals surface area contributed by atoms with Crippen molar-refractivity contribution in [1.82, 2.24) is 15.6 Å². The molecule has 0 amide bonds. The number of aliphatic hydroxyl groups is 1. The first-order valence-corrected chi connectivity index (χ1v) is 25.4. The van der Waals surface area contributed by atoms with Crippen LogP contribution in [0.4, 0.5) is 5.82 Å². The number of pyridine rings is 1. The summed E-state index contributed by atoms with van der Waals surface area (Å²) in [6.45, 7) is 2.80. The minimum Gasteiger partial charge on any atom is -0.504 e. The van der Waals surface area contributed by atoms with E-state index >= 15 is 0 Å². The Morgan fingerprint density at radius 3 is 2.55 bits per heavy atom. The number of hydrogen-bond donors (Lipinski definition) is 5. The van der Waals surface area contributed by atoms with Crippen molar-refractivity contribution in [2.24, 2.45) is 40.9 Å². The van der Waals surface area contributed by atoms with E-state index in [1.54, 1.807) is 18.3 Å². The van der Waals surface area contributed by atoms with Gasteiger partial charge in [0.2, 0.25) is 0 Å². The Hall–Kier alpha value is -5.09. The van der Waals surface area contributed by atoms with Crippen LogP contribution in [0.5, 0.6) is 11.5 Å². The van der Waals surface area contributed by atoms with Crippen LogP contribution in [0, 0.1) is 40.9 Å². The molecule has 1 saturated heterocycles. The fourth-order valence-corrected chi connectivity index (χ4v) is 13.7. The maximum Gasteiger partial charge on any atom is 0.163 e. The number of ketones is 2. The molecule has 4 fully saturated rings. The Bertz CT molecular complexity index is 2430. The SMILES string of the molecule is COc1cc(/C(=C/C(=O)CC(=O)C[C@H]2CC[C@@H]3CCC[C@]3(C[C@H]3[C@@H]4CCNC[C@@H]4C[C@@H]4C=CCN[C@@H]34)C2)CO)c(Cc2cnc(N)cc2CCc2cccc(CCc3ccccc3)c2)cc1O. The summed E-state index contributed by atoms with van der Waals surface area (Å²) in [6.07, 6.45) is 23.1. The van der Waals surface area contributed by atoms with Gasteiger partial charge in [-0.25, -0.2) is 4.98 Å². The van der Waals surface area contributed by atoms with E-state index in [-0.39, 0.29) is 40.8 Å². The molecular formula is C58H72N4O5. The molecule has 1 aromatic heterocycles. The van der Waals surface area contributed by atoms with E-state index in [0.29, 0.717) is 53.2 Å². The minimum atomic E-state index is -0.424. The Balaban J connectivity index is 0.870. The van der Waals surface area contributed by atoms with Gasteiger partial charge in [-0.3, -0.25) is 9.59 Å². The lowest BCUT2D eigenvalue weighted by molar-refractivity contribution is -0.126. The van der Waals surface area contributed by atoms with E-state index in [2.05, 4.69) is 76.3 Å². The number of aromatic hydroxyl groups is 1. The molecule has 6 N–H and O–H groups in total. The maximum absolute atomic E-state index is 13.9. The molecule has 2 aliphatic heterocycles. The van der Waals surface area contributed by atoms with Crippen LogP contribution in [0.2, 0.25) is 0 Å². The van der Waals surface area contributed by atoms with Gasteiger partial charge >= 0.3 is 0 Å². The standard InChI is InChI=1S/C58H72N4O5/c1-67-55-32-52(44(29-54(55)66)27-45-36-62-56(59)30-42(45)18-16-40-11-5-10-39(24-40)15-14-38-8-3-2-4-9-38)47(37-63)28-50(65)31-49(64)25-41-17-19-48-13-6-21-58(48,33-41)34-53-51-20-23-60-35-46(51)26-43-12-7-22-61-57(43)53/h2-5,7-12,24,28-30,32,36,41,43,46,48,51,53,57,60-61,63,66H,6,13-23,25-27,31,33-35,37H2,1H3,(H2,59,62)/b47-28+/t41-,43+,46+,48+,51-,53+,57-,58-/m1/s1. The molecule has 67 heavy (non-hydrogen) atoms. The van der Waals surface area contributed by atoms with Gasteiger partial charge in [0.25, 0.3) is 0 Å². The van der Waals surface area contributed by atoms with Crippen LogP contribution in [0.25, 0.3) is 5.57 Å². The molecule has 0 radical (unpaired) electrons. The number of nitrogens with two attached hydrogens (primary N) is 1. The highest BCUT2D eigenvalue weighted by Crippen LogP contribution is 2.60. The van der Waals surface area contributed by atoms with Crippen molar-refractivity contribution in [2.45, 2.75) is 109 Å². The number of rotatable bonds is 18. The van der Waals surface area contributed by atoms with Gasteiger partial charge in [-0.05, 0) is 206 Å². The Morgan fingerprint density at radius 1 is 0.925 bits per heavy atom. The number of hydrogen-bond acceptors (Lipinski definition) is 9.